The van der Waals surface area contributed by atoms with Crippen LogP contribution in [-0.4, -0.2) is 54.1 Å². The summed E-state index contributed by atoms with van der Waals surface area (Å²) in [5, 5.41) is 0. The average Bonchev–Trinajstić information content (AvgIpc) is 2.65. The zero-order valence-electron chi connectivity index (χ0n) is 20.2. The van der Waals surface area contributed by atoms with Gasteiger partial charge in [0.05, 0.1) is 18.4 Å². The Kier molecular flexibility index (Phi) is 12.1. The lowest BCUT2D eigenvalue weighted by Gasteiger charge is -2.37. The van der Waals surface area contributed by atoms with Gasteiger partial charge in [-0.1, -0.05) is 29.8 Å². The zero-order chi connectivity index (χ0) is 23.5. The van der Waals surface area contributed by atoms with Crippen molar-refractivity contribution in [2.75, 3.05) is 25.8 Å². The van der Waals surface area contributed by atoms with Crippen LogP contribution in [0.2, 0.25) is 0 Å². The minimum atomic E-state index is -0.661. The van der Waals surface area contributed by atoms with Crippen LogP contribution in [0.25, 0.3) is 0 Å². The molecule has 0 aliphatic carbocycles. The van der Waals surface area contributed by atoms with Crippen molar-refractivity contribution in [3.05, 3.63) is 35.4 Å². The number of nitrogens with zero attached hydrogens (tertiary/aromatic N) is 1. The van der Waals surface area contributed by atoms with Crippen molar-refractivity contribution < 1.29 is 23.8 Å². The van der Waals surface area contributed by atoms with E-state index in [1.807, 2.05) is 85.9 Å². The fourth-order valence-electron chi connectivity index (χ4n) is 2.24. The molecule has 1 rings (SSSR count). The van der Waals surface area contributed by atoms with Crippen molar-refractivity contribution in [1.82, 2.24) is 4.90 Å². The largest absolute Gasteiger partial charge is 0.466 e. The standard InChI is InChI=1S/C12H16O2.C11H23NO3S/c1-4-14-12(13)10(3)11-7-5-9(2)6-8-11;1-10(2,3)15-9(13)12(8-16-7)11(4,5)14-6/h5-8,10H,4H2,1-3H3;8H2,1-7H3. The van der Waals surface area contributed by atoms with Gasteiger partial charge in [0.1, 0.15) is 11.3 Å². The van der Waals surface area contributed by atoms with Gasteiger partial charge in [-0.3, -0.25) is 9.69 Å². The van der Waals surface area contributed by atoms with E-state index in [9.17, 15) is 9.59 Å². The van der Waals surface area contributed by atoms with Crippen LogP contribution in [-0.2, 0) is 19.0 Å². The predicted molar refractivity (Wildman–Crippen MR) is 124 cm³/mol. The van der Waals surface area contributed by atoms with Crippen molar-refractivity contribution in [2.45, 2.75) is 72.6 Å². The molecule has 0 fully saturated rings. The predicted octanol–water partition coefficient (Wildman–Crippen LogP) is 5.59. The van der Waals surface area contributed by atoms with Crippen LogP contribution in [0.1, 0.15) is 65.5 Å². The molecule has 0 aliphatic rings. The van der Waals surface area contributed by atoms with Crippen molar-refractivity contribution in [1.29, 1.82) is 0 Å². The second-order valence-corrected chi connectivity index (χ2v) is 9.20. The van der Waals surface area contributed by atoms with Gasteiger partial charge in [-0.15, -0.1) is 11.8 Å². The molecule has 0 spiro atoms. The highest BCUT2D eigenvalue weighted by molar-refractivity contribution is 7.98. The zero-order valence-corrected chi connectivity index (χ0v) is 21.0. The molecule has 0 heterocycles. The van der Waals surface area contributed by atoms with E-state index in [-0.39, 0.29) is 18.0 Å². The molecular formula is C23H39NO5S. The van der Waals surface area contributed by atoms with Gasteiger partial charge in [-0.05, 0) is 67.2 Å². The number of amides is 1. The lowest BCUT2D eigenvalue weighted by Crippen LogP contribution is -2.50. The average molecular weight is 442 g/mol. The third-order valence-corrected chi connectivity index (χ3v) is 4.76. The smallest absolute Gasteiger partial charge is 0.413 e. The van der Waals surface area contributed by atoms with Crippen LogP contribution in [0, 0.1) is 6.92 Å². The monoisotopic (exact) mass is 441 g/mol. The Balaban J connectivity index is 0.000000564. The number of carbonyl (C=O) groups excluding carboxylic acids is 2. The quantitative estimate of drug-likeness (QED) is 0.406. The van der Waals surface area contributed by atoms with Crippen LogP contribution >= 0.6 is 11.8 Å². The van der Waals surface area contributed by atoms with Crippen LogP contribution in [0.3, 0.4) is 0 Å². The van der Waals surface area contributed by atoms with Crippen molar-refractivity contribution >= 4 is 23.8 Å². The van der Waals surface area contributed by atoms with Gasteiger partial charge in [0.15, 0.2) is 0 Å². The molecule has 1 atom stereocenters. The van der Waals surface area contributed by atoms with Gasteiger partial charge in [-0.2, -0.15) is 0 Å². The Labute approximate surface area is 186 Å². The minimum Gasteiger partial charge on any atom is -0.466 e. The summed E-state index contributed by atoms with van der Waals surface area (Å²) in [7, 11) is 1.58. The Morgan fingerprint density at radius 1 is 1.10 bits per heavy atom. The summed E-state index contributed by atoms with van der Waals surface area (Å²) < 4.78 is 15.6. The molecule has 172 valence electrons. The molecular weight excluding hydrogens is 402 g/mol. The van der Waals surface area contributed by atoms with Gasteiger partial charge >= 0.3 is 12.1 Å². The molecule has 1 amide bonds. The third kappa shape index (κ3) is 10.3. The van der Waals surface area contributed by atoms with Crippen LogP contribution in [0.4, 0.5) is 4.79 Å². The number of carbonyl (C=O) groups is 2. The third-order valence-electron chi connectivity index (χ3n) is 4.24. The first kappa shape index (κ1) is 28.3. The highest BCUT2D eigenvalue weighted by Crippen LogP contribution is 2.21. The van der Waals surface area contributed by atoms with Crippen LogP contribution in [0.15, 0.2) is 24.3 Å². The number of rotatable bonds is 7. The summed E-state index contributed by atoms with van der Waals surface area (Å²) in [5.74, 6) is 0.211. The number of hydrogen-bond donors (Lipinski definition) is 0. The van der Waals surface area contributed by atoms with E-state index in [0.29, 0.717) is 12.5 Å². The molecule has 7 heteroatoms. The van der Waals surface area contributed by atoms with E-state index in [1.165, 1.54) is 5.56 Å². The highest BCUT2D eigenvalue weighted by atomic mass is 32.2. The normalized spacial score (nSPS) is 12.3. The molecule has 6 nitrogen and oxygen atoms in total. The number of esters is 1. The maximum atomic E-state index is 12.0. The van der Waals surface area contributed by atoms with Crippen LogP contribution in [0.5, 0.6) is 0 Å². The summed E-state index contributed by atoms with van der Waals surface area (Å²) in [5.41, 5.74) is 1.06. The second kappa shape index (κ2) is 12.8. The first-order valence-corrected chi connectivity index (χ1v) is 11.5. The summed E-state index contributed by atoms with van der Waals surface area (Å²) in [6, 6.07) is 7.95. The Morgan fingerprint density at radius 2 is 1.63 bits per heavy atom. The van der Waals surface area contributed by atoms with Crippen LogP contribution < -0.4 is 0 Å². The molecule has 30 heavy (non-hydrogen) atoms. The molecule has 0 aliphatic heterocycles. The van der Waals surface area contributed by atoms with Crippen molar-refractivity contribution in [2.24, 2.45) is 0 Å². The van der Waals surface area contributed by atoms with E-state index in [1.54, 1.807) is 23.8 Å². The fourth-order valence-corrected chi connectivity index (χ4v) is 2.92. The molecule has 0 bridgehead atoms. The SMILES string of the molecule is CCOC(=O)C(C)c1ccc(C)cc1.COC(C)(C)N(CSC)C(=O)OC(C)(C)C. The number of aryl methyl sites for hydroxylation is 1. The van der Waals surface area contributed by atoms with Gasteiger partial charge in [0, 0.05) is 7.11 Å². The van der Waals surface area contributed by atoms with Gasteiger partial charge in [-0.25, -0.2) is 4.79 Å². The lowest BCUT2D eigenvalue weighted by atomic mass is 10.0. The molecule has 0 N–H and O–H groups in total. The molecule has 1 aromatic carbocycles. The minimum absolute atomic E-state index is 0.156. The fraction of sp³-hybridized carbons (Fsp3) is 0.652. The molecule has 0 aromatic heterocycles. The Hall–Kier alpha value is -1.73. The number of ether oxygens (including phenoxy) is 3. The number of thioether (sulfide) groups is 1. The van der Waals surface area contributed by atoms with Crippen molar-refractivity contribution in [3.63, 3.8) is 0 Å². The summed E-state index contributed by atoms with van der Waals surface area (Å²) in [6.45, 7) is 15.4. The van der Waals surface area contributed by atoms with E-state index in [0.717, 1.165) is 5.56 Å². The molecule has 1 aromatic rings. The number of benzene rings is 1. The number of hydrogen-bond acceptors (Lipinski definition) is 6. The van der Waals surface area contributed by atoms with E-state index < -0.39 is 11.3 Å². The summed E-state index contributed by atoms with van der Waals surface area (Å²) in [6.07, 6.45) is 1.58. The Morgan fingerprint density at radius 3 is 2.03 bits per heavy atom. The maximum Gasteiger partial charge on any atom is 0.413 e. The number of methoxy groups -OCH3 is 1. The molecule has 0 saturated heterocycles. The Bertz CT molecular complexity index is 653. The van der Waals surface area contributed by atoms with Gasteiger partial charge in [0.25, 0.3) is 0 Å². The highest BCUT2D eigenvalue weighted by Gasteiger charge is 2.33. The summed E-state index contributed by atoms with van der Waals surface area (Å²) >= 11 is 1.55. The summed E-state index contributed by atoms with van der Waals surface area (Å²) in [4.78, 5) is 24.9. The maximum absolute atomic E-state index is 12.0. The molecule has 1 unspecified atom stereocenters. The lowest BCUT2D eigenvalue weighted by molar-refractivity contribution is -0.144. The van der Waals surface area contributed by atoms with Gasteiger partial charge < -0.3 is 14.2 Å². The van der Waals surface area contributed by atoms with E-state index in [4.69, 9.17) is 14.2 Å². The first-order chi connectivity index (χ1) is 13.8. The molecule has 0 saturated carbocycles. The first-order valence-electron chi connectivity index (χ1n) is 10.1. The van der Waals surface area contributed by atoms with E-state index in [2.05, 4.69) is 0 Å². The topological polar surface area (TPSA) is 65.1 Å². The van der Waals surface area contributed by atoms with Crippen molar-refractivity contribution in [3.8, 4) is 0 Å². The van der Waals surface area contributed by atoms with Gasteiger partial charge in [0.2, 0.25) is 0 Å². The second-order valence-electron chi connectivity index (χ2n) is 8.36. The molecule has 0 radical (unpaired) electrons. The van der Waals surface area contributed by atoms with E-state index >= 15 is 0 Å².